The molecule has 0 bridgehead atoms. The van der Waals surface area contributed by atoms with Gasteiger partial charge in [-0.2, -0.15) is 0 Å². The molecule has 0 fully saturated rings. The first-order valence-corrected chi connectivity index (χ1v) is 6.97. The Kier molecular flexibility index (Phi) is 4.01. The highest BCUT2D eigenvalue weighted by atomic mass is 16.5. The van der Waals surface area contributed by atoms with Gasteiger partial charge in [0.1, 0.15) is 12.3 Å². The summed E-state index contributed by atoms with van der Waals surface area (Å²) in [6.45, 7) is 2.02. The van der Waals surface area contributed by atoms with Gasteiger partial charge in [0.25, 0.3) is 0 Å². The van der Waals surface area contributed by atoms with Crippen molar-refractivity contribution >= 4 is 5.97 Å². The SMILES string of the molecule is Cc1cccc(C(=O)OCc2cc(-c3ccccc3)on2)c1. The zero-order valence-electron chi connectivity index (χ0n) is 12.2. The molecule has 3 rings (SSSR count). The van der Waals surface area contributed by atoms with Crippen LogP contribution in [0.3, 0.4) is 0 Å². The minimum Gasteiger partial charge on any atom is -0.455 e. The molecule has 0 atom stereocenters. The topological polar surface area (TPSA) is 52.3 Å². The lowest BCUT2D eigenvalue weighted by atomic mass is 10.1. The minimum atomic E-state index is -0.368. The molecule has 0 saturated heterocycles. The zero-order valence-corrected chi connectivity index (χ0v) is 12.2. The molecule has 4 heteroatoms. The Hall–Kier alpha value is -2.88. The number of aromatic nitrogens is 1. The Labute approximate surface area is 128 Å². The fourth-order valence-electron chi connectivity index (χ4n) is 2.11. The molecular weight excluding hydrogens is 278 g/mol. The lowest BCUT2D eigenvalue weighted by molar-refractivity contribution is 0.0464. The van der Waals surface area contributed by atoms with E-state index < -0.39 is 0 Å². The van der Waals surface area contributed by atoms with Crippen molar-refractivity contribution in [1.82, 2.24) is 5.16 Å². The summed E-state index contributed by atoms with van der Waals surface area (Å²) in [6.07, 6.45) is 0. The van der Waals surface area contributed by atoms with E-state index in [2.05, 4.69) is 5.16 Å². The van der Waals surface area contributed by atoms with Gasteiger partial charge in [-0.15, -0.1) is 0 Å². The van der Waals surface area contributed by atoms with E-state index >= 15 is 0 Å². The van der Waals surface area contributed by atoms with Crippen LogP contribution in [0.25, 0.3) is 11.3 Å². The molecule has 0 radical (unpaired) electrons. The number of rotatable bonds is 4. The smallest absolute Gasteiger partial charge is 0.338 e. The standard InChI is InChI=1S/C18H15NO3/c1-13-6-5-9-15(10-13)18(20)21-12-16-11-17(22-19-16)14-7-3-2-4-8-14/h2-11H,12H2,1H3. The van der Waals surface area contributed by atoms with Gasteiger partial charge < -0.3 is 9.26 Å². The molecule has 0 amide bonds. The van der Waals surface area contributed by atoms with Crippen LogP contribution < -0.4 is 0 Å². The van der Waals surface area contributed by atoms with Gasteiger partial charge in [0.2, 0.25) is 0 Å². The second-order valence-electron chi connectivity index (χ2n) is 4.99. The molecule has 110 valence electrons. The summed E-state index contributed by atoms with van der Waals surface area (Å²) in [7, 11) is 0. The summed E-state index contributed by atoms with van der Waals surface area (Å²) in [6, 6.07) is 18.7. The molecule has 2 aromatic carbocycles. The Morgan fingerprint density at radius 3 is 2.68 bits per heavy atom. The minimum absolute atomic E-state index is 0.0864. The third-order valence-corrected chi connectivity index (χ3v) is 3.22. The van der Waals surface area contributed by atoms with Gasteiger partial charge in [-0.3, -0.25) is 0 Å². The zero-order chi connectivity index (χ0) is 15.4. The van der Waals surface area contributed by atoms with Crippen molar-refractivity contribution in [3.63, 3.8) is 0 Å². The molecule has 0 unspecified atom stereocenters. The van der Waals surface area contributed by atoms with Crippen LogP contribution >= 0.6 is 0 Å². The number of aryl methyl sites for hydroxylation is 1. The number of ether oxygens (including phenoxy) is 1. The summed E-state index contributed by atoms with van der Waals surface area (Å²) >= 11 is 0. The summed E-state index contributed by atoms with van der Waals surface area (Å²) < 4.78 is 10.5. The number of carbonyl (C=O) groups excluding carboxylic acids is 1. The van der Waals surface area contributed by atoms with E-state index in [-0.39, 0.29) is 12.6 Å². The van der Waals surface area contributed by atoms with E-state index in [4.69, 9.17) is 9.26 Å². The molecule has 3 aromatic rings. The van der Waals surface area contributed by atoms with Crippen LogP contribution in [-0.4, -0.2) is 11.1 Å². The van der Waals surface area contributed by atoms with Gasteiger partial charge in [0, 0.05) is 11.6 Å². The molecule has 0 aliphatic carbocycles. The van der Waals surface area contributed by atoms with E-state index in [0.29, 0.717) is 17.0 Å². The van der Waals surface area contributed by atoms with Gasteiger partial charge in [-0.25, -0.2) is 4.79 Å². The monoisotopic (exact) mass is 293 g/mol. The number of nitrogens with zero attached hydrogens (tertiary/aromatic N) is 1. The first kappa shape index (κ1) is 14.1. The summed E-state index contributed by atoms with van der Waals surface area (Å²) in [5, 5.41) is 3.92. The quantitative estimate of drug-likeness (QED) is 0.682. The van der Waals surface area contributed by atoms with Gasteiger partial charge in [-0.1, -0.05) is 53.2 Å². The highest BCUT2D eigenvalue weighted by Crippen LogP contribution is 2.20. The van der Waals surface area contributed by atoms with Crippen molar-refractivity contribution < 1.29 is 14.1 Å². The number of hydrogen-bond acceptors (Lipinski definition) is 4. The second-order valence-corrected chi connectivity index (χ2v) is 4.99. The van der Waals surface area contributed by atoms with E-state index in [1.165, 1.54) is 0 Å². The van der Waals surface area contributed by atoms with Crippen LogP contribution in [0.5, 0.6) is 0 Å². The Balaban J connectivity index is 1.65. The van der Waals surface area contributed by atoms with Crippen LogP contribution in [0.2, 0.25) is 0 Å². The summed E-state index contributed by atoms with van der Waals surface area (Å²) in [5.74, 6) is 0.287. The third-order valence-electron chi connectivity index (χ3n) is 3.22. The number of benzene rings is 2. The maximum absolute atomic E-state index is 12.0. The fraction of sp³-hybridized carbons (Fsp3) is 0.111. The molecule has 0 N–H and O–H groups in total. The molecule has 22 heavy (non-hydrogen) atoms. The Morgan fingerprint density at radius 2 is 1.91 bits per heavy atom. The van der Waals surface area contributed by atoms with Crippen LogP contribution in [0, 0.1) is 6.92 Å². The second kappa shape index (κ2) is 6.26. The molecule has 0 aliphatic rings. The van der Waals surface area contributed by atoms with E-state index in [1.807, 2.05) is 49.4 Å². The summed E-state index contributed by atoms with van der Waals surface area (Å²) in [4.78, 5) is 12.0. The third kappa shape index (κ3) is 3.23. The Bertz CT molecular complexity index is 778. The van der Waals surface area contributed by atoms with E-state index in [1.54, 1.807) is 18.2 Å². The van der Waals surface area contributed by atoms with Crippen LogP contribution in [-0.2, 0) is 11.3 Å². The van der Waals surface area contributed by atoms with E-state index in [0.717, 1.165) is 11.1 Å². The fourth-order valence-corrected chi connectivity index (χ4v) is 2.11. The van der Waals surface area contributed by atoms with Crippen molar-refractivity contribution in [2.45, 2.75) is 13.5 Å². The van der Waals surface area contributed by atoms with Gasteiger partial charge >= 0.3 is 5.97 Å². The molecule has 4 nitrogen and oxygen atoms in total. The first-order valence-electron chi connectivity index (χ1n) is 6.97. The molecule has 0 spiro atoms. The van der Waals surface area contributed by atoms with Gasteiger partial charge in [-0.05, 0) is 19.1 Å². The number of esters is 1. The molecule has 1 aromatic heterocycles. The van der Waals surface area contributed by atoms with Crippen LogP contribution in [0.15, 0.2) is 65.2 Å². The predicted octanol–water partition coefficient (Wildman–Crippen LogP) is 4.01. The molecule has 0 saturated carbocycles. The predicted molar refractivity (Wildman–Crippen MR) is 82.2 cm³/mol. The van der Waals surface area contributed by atoms with Crippen LogP contribution in [0.4, 0.5) is 0 Å². The van der Waals surface area contributed by atoms with Gasteiger partial charge in [0.15, 0.2) is 5.76 Å². The lowest BCUT2D eigenvalue weighted by Crippen LogP contribution is -2.05. The highest BCUT2D eigenvalue weighted by Gasteiger charge is 2.11. The van der Waals surface area contributed by atoms with Crippen molar-refractivity contribution in [3.05, 3.63) is 77.5 Å². The Morgan fingerprint density at radius 1 is 1.09 bits per heavy atom. The molecule has 0 aliphatic heterocycles. The van der Waals surface area contributed by atoms with Crippen molar-refractivity contribution in [2.24, 2.45) is 0 Å². The maximum Gasteiger partial charge on any atom is 0.338 e. The highest BCUT2D eigenvalue weighted by molar-refractivity contribution is 5.89. The number of carbonyl (C=O) groups is 1. The molecular formula is C18H15NO3. The normalized spacial score (nSPS) is 10.4. The number of hydrogen-bond donors (Lipinski definition) is 0. The van der Waals surface area contributed by atoms with Gasteiger partial charge in [0.05, 0.1) is 5.56 Å². The lowest BCUT2D eigenvalue weighted by Gasteiger charge is -2.03. The van der Waals surface area contributed by atoms with Crippen LogP contribution in [0.1, 0.15) is 21.6 Å². The summed E-state index contributed by atoms with van der Waals surface area (Å²) in [5.41, 5.74) is 3.07. The van der Waals surface area contributed by atoms with Crippen molar-refractivity contribution in [2.75, 3.05) is 0 Å². The largest absolute Gasteiger partial charge is 0.455 e. The average molecular weight is 293 g/mol. The maximum atomic E-state index is 12.0. The average Bonchev–Trinajstić information content (AvgIpc) is 3.02. The van der Waals surface area contributed by atoms with Crippen molar-refractivity contribution in [3.8, 4) is 11.3 Å². The van der Waals surface area contributed by atoms with Crippen molar-refractivity contribution in [1.29, 1.82) is 0 Å². The first-order chi connectivity index (χ1) is 10.7. The van der Waals surface area contributed by atoms with E-state index in [9.17, 15) is 4.79 Å². The molecule has 1 heterocycles.